The number of hydrogen-bond acceptors (Lipinski definition) is 5. The molecule has 198 valence electrons. The zero-order chi connectivity index (χ0) is 26.2. The lowest BCUT2D eigenvalue weighted by molar-refractivity contribution is -0.132. The molecule has 0 spiro atoms. The molecular formula is C32H38N4OS. The average molecular weight is 527 g/mol. The molecule has 38 heavy (non-hydrogen) atoms. The lowest BCUT2D eigenvalue weighted by atomic mass is 9.88. The molecule has 1 N–H and O–H groups in total. The summed E-state index contributed by atoms with van der Waals surface area (Å²) in [6.07, 6.45) is 6.87. The Labute approximate surface area is 231 Å². The number of nitrogens with zero attached hydrogens (tertiary/aromatic N) is 3. The zero-order valence-electron chi connectivity index (χ0n) is 22.3. The second-order valence-electron chi connectivity index (χ2n) is 10.0. The largest absolute Gasteiger partial charge is 0.342 e. The predicted octanol–water partition coefficient (Wildman–Crippen LogP) is 5.62. The van der Waals surface area contributed by atoms with E-state index in [2.05, 4.69) is 88.9 Å². The van der Waals surface area contributed by atoms with Crippen molar-refractivity contribution in [3.8, 4) is 0 Å². The van der Waals surface area contributed by atoms with Crippen LogP contribution in [0.2, 0.25) is 0 Å². The highest BCUT2D eigenvalue weighted by Gasteiger charge is 2.33. The van der Waals surface area contributed by atoms with Crippen molar-refractivity contribution in [3.63, 3.8) is 0 Å². The molecule has 2 aliphatic rings. The topological polar surface area (TPSA) is 48.5 Å². The van der Waals surface area contributed by atoms with E-state index < -0.39 is 0 Å². The summed E-state index contributed by atoms with van der Waals surface area (Å²) >= 11 is 1.79. The minimum Gasteiger partial charge on any atom is -0.342 e. The molecule has 1 amide bonds. The minimum atomic E-state index is -0.123. The maximum atomic E-state index is 13.2. The fraction of sp³-hybridized carbons (Fsp3) is 0.375. The lowest BCUT2D eigenvalue weighted by Gasteiger charge is -2.31. The molecule has 1 unspecified atom stereocenters. The van der Waals surface area contributed by atoms with Crippen LogP contribution in [0, 0.1) is 0 Å². The van der Waals surface area contributed by atoms with Gasteiger partial charge in [-0.3, -0.25) is 15.1 Å². The van der Waals surface area contributed by atoms with Crippen LogP contribution in [-0.4, -0.2) is 65.2 Å². The molecule has 2 saturated heterocycles. The number of likely N-dealkylation sites (tertiary alicyclic amines) is 1. The number of nitrogens with one attached hydrogen (secondary N) is 1. The van der Waals surface area contributed by atoms with Gasteiger partial charge in [0.15, 0.2) is 0 Å². The molecule has 0 bridgehead atoms. The molecule has 5 rings (SSSR count). The van der Waals surface area contributed by atoms with Crippen LogP contribution in [0.5, 0.6) is 0 Å². The quantitative estimate of drug-likeness (QED) is 0.392. The number of carbonyl (C=O) groups is 1. The average Bonchev–Trinajstić information content (AvgIpc) is 3.48. The number of rotatable bonds is 9. The summed E-state index contributed by atoms with van der Waals surface area (Å²) in [5, 5.41) is 3.66. The number of likely N-dealkylation sites (N-methyl/N-ethyl adjacent to an activating group) is 1. The third-order valence-corrected chi connectivity index (χ3v) is 8.87. The van der Waals surface area contributed by atoms with Gasteiger partial charge in [0.2, 0.25) is 5.91 Å². The number of aromatic nitrogens is 1. The first kappa shape index (κ1) is 26.7. The Morgan fingerprint density at radius 2 is 1.68 bits per heavy atom. The Hall–Kier alpha value is -2.93. The minimum absolute atomic E-state index is 0.123. The zero-order valence-corrected chi connectivity index (χ0v) is 23.1. The van der Waals surface area contributed by atoms with Crippen LogP contribution in [0.3, 0.4) is 0 Å². The first-order valence-electron chi connectivity index (χ1n) is 13.8. The first-order valence-corrected chi connectivity index (χ1v) is 14.9. The van der Waals surface area contributed by atoms with E-state index in [-0.39, 0.29) is 17.3 Å². The summed E-state index contributed by atoms with van der Waals surface area (Å²) in [5.74, 6) is 1.03. The Morgan fingerprint density at radius 1 is 1.00 bits per heavy atom. The molecule has 0 saturated carbocycles. The van der Waals surface area contributed by atoms with Gasteiger partial charge >= 0.3 is 0 Å². The van der Waals surface area contributed by atoms with E-state index in [9.17, 15) is 4.79 Å². The number of hydrogen-bond donors (Lipinski definition) is 1. The summed E-state index contributed by atoms with van der Waals surface area (Å²) in [5.41, 5.74) is 6.71. The molecule has 5 nitrogen and oxygen atoms in total. The highest BCUT2D eigenvalue weighted by molar-refractivity contribution is 7.99. The Bertz CT molecular complexity index is 1150. The fourth-order valence-electron chi connectivity index (χ4n) is 5.55. The van der Waals surface area contributed by atoms with E-state index >= 15 is 0 Å². The number of piperidine rings is 1. The third-order valence-electron chi connectivity index (χ3n) is 7.60. The van der Waals surface area contributed by atoms with Crippen molar-refractivity contribution >= 4 is 23.2 Å². The summed E-state index contributed by atoms with van der Waals surface area (Å²) in [7, 11) is 0. The van der Waals surface area contributed by atoms with Crippen LogP contribution in [0.1, 0.15) is 48.3 Å². The van der Waals surface area contributed by atoms with Crippen LogP contribution < -0.4 is 5.32 Å². The van der Waals surface area contributed by atoms with E-state index in [4.69, 9.17) is 0 Å². The van der Waals surface area contributed by atoms with Gasteiger partial charge < -0.3 is 9.80 Å². The van der Waals surface area contributed by atoms with Crippen LogP contribution in [-0.2, 0) is 4.79 Å². The maximum Gasteiger partial charge on any atom is 0.240 e. The standard InChI is InChI=1S/C32H38N4OS/c1-2-36(32(37)29-24-38-31(34-29)28-15-9-18-33-23-28)20-10-19-35-21-16-27(17-22-35)30(25-11-5-3-6-12-25)26-13-7-4-8-14-26/h3-9,11-15,18,23,29,31,34H,2,10,16-17,19-22,24H2,1H3/t29-,31?/m0/s1. The molecule has 3 aromatic rings. The molecule has 0 radical (unpaired) electrons. The molecule has 1 aromatic heterocycles. The molecule has 2 fully saturated rings. The highest BCUT2D eigenvalue weighted by Crippen LogP contribution is 2.33. The Morgan fingerprint density at radius 3 is 2.29 bits per heavy atom. The normalized spacial score (nSPS) is 19.9. The van der Waals surface area contributed by atoms with Crippen LogP contribution in [0.15, 0.2) is 90.8 Å². The summed E-state index contributed by atoms with van der Waals surface area (Å²) in [6, 6.07) is 25.5. The predicted molar refractivity (Wildman–Crippen MR) is 158 cm³/mol. The molecule has 2 aliphatic heterocycles. The number of carbonyl (C=O) groups excluding carboxylic acids is 1. The van der Waals surface area contributed by atoms with Crippen molar-refractivity contribution in [1.82, 2.24) is 20.1 Å². The van der Waals surface area contributed by atoms with Crippen LogP contribution in [0.25, 0.3) is 5.57 Å². The number of benzene rings is 2. The van der Waals surface area contributed by atoms with Crippen molar-refractivity contribution in [1.29, 1.82) is 0 Å². The van der Waals surface area contributed by atoms with E-state index in [0.29, 0.717) is 0 Å². The SMILES string of the molecule is CCN(CCCN1CCC(=C(c2ccccc2)c2ccccc2)CC1)C(=O)[C@@H]1CSC(c2cccnc2)N1. The molecule has 0 aliphatic carbocycles. The van der Waals surface area contributed by atoms with Gasteiger partial charge in [-0.2, -0.15) is 0 Å². The summed E-state index contributed by atoms with van der Waals surface area (Å²) in [6.45, 7) is 6.84. The maximum absolute atomic E-state index is 13.2. The van der Waals surface area contributed by atoms with Crippen molar-refractivity contribution in [2.75, 3.05) is 38.5 Å². The molecule has 3 heterocycles. The van der Waals surface area contributed by atoms with Gasteiger partial charge in [0, 0.05) is 44.3 Å². The second-order valence-corrected chi connectivity index (χ2v) is 11.2. The van der Waals surface area contributed by atoms with Gasteiger partial charge in [0.05, 0.1) is 11.4 Å². The monoisotopic (exact) mass is 526 g/mol. The number of pyridine rings is 1. The first-order chi connectivity index (χ1) is 18.7. The van der Waals surface area contributed by atoms with Gasteiger partial charge in [-0.1, -0.05) is 72.3 Å². The van der Waals surface area contributed by atoms with Crippen molar-refractivity contribution in [2.24, 2.45) is 0 Å². The summed E-state index contributed by atoms with van der Waals surface area (Å²) in [4.78, 5) is 22.1. The van der Waals surface area contributed by atoms with Gasteiger partial charge in [-0.05, 0) is 61.1 Å². The fourth-order valence-corrected chi connectivity index (χ4v) is 6.76. The Balaban J connectivity index is 1.13. The molecule has 6 heteroatoms. The summed E-state index contributed by atoms with van der Waals surface area (Å²) < 4.78 is 0. The van der Waals surface area contributed by atoms with Crippen molar-refractivity contribution in [3.05, 3.63) is 107 Å². The van der Waals surface area contributed by atoms with Crippen LogP contribution >= 0.6 is 11.8 Å². The second kappa shape index (κ2) is 13.2. The van der Waals surface area contributed by atoms with Gasteiger partial charge in [0.25, 0.3) is 0 Å². The molecule has 2 atom stereocenters. The smallest absolute Gasteiger partial charge is 0.240 e. The number of amides is 1. The van der Waals surface area contributed by atoms with Crippen LogP contribution in [0.4, 0.5) is 0 Å². The van der Waals surface area contributed by atoms with E-state index in [1.807, 2.05) is 17.2 Å². The van der Waals surface area contributed by atoms with Crippen molar-refractivity contribution in [2.45, 2.75) is 37.6 Å². The van der Waals surface area contributed by atoms with E-state index in [0.717, 1.165) is 63.3 Å². The van der Waals surface area contributed by atoms with Crippen molar-refractivity contribution < 1.29 is 4.79 Å². The molecular weight excluding hydrogens is 488 g/mol. The number of thioether (sulfide) groups is 1. The van der Waals surface area contributed by atoms with E-state index in [1.165, 1.54) is 16.7 Å². The van der Waals surface area contributed by atoms with Gasteiger partial charge in [-0.15, -0.1) is 11.8 Å². The van der Waals surface area contributed by atoms with Gasteiger partial charge in [0.1, 0.15) is 0 Å². The Kier molecular flexibility index (Phi) is 9.28. The van der Waals surface area contributed by atoms with Gasteiger partial charge in [-0.25, -0.2) is 0 Å². The highest BCUT2D eigenvalue weighted by atomic mass is 32.2. The van der Waals surface area contributed by atoms with E-state index in [1.54, 1.807) is 23.5 Å². The lowest BCUT2D eigenvalue weighted by Crippen LogP contribution is -2.46. The molecule has 2 aromatic carbocycles. The third kappa shape index (κ3) is 6.55.